The fourth-order valence-corrected chi connectivity index (χ4v) is 7.68. The van der Waals surface area contributed by atoms with Gasteiger partial charge in [-0.15, -0.1) is 0 Å². The van der Waals surface area contributed by atoms with E-state index in [0.717, 1.165) is 33.4 Å². The number of fused-ring (bicyclic) bond motifs is 6. The lowest BCUT2D eigenvalue weighted by Crippen LogP contribution is -1.97. The summed E-state index contributed by atoms with van der Waals surface area (Å²) in [4.78, 5) is 9.34. The fourth-order valence-electron chi connectivity index (χ4n) is 7.68. The van der Waals surface area contributed by atoms with E-state index >= 15 is 0 Å². The van der Waals surface area contributed by atoms with Crippen molar-refractivity contribution in [2.45, 2.75) is 0 Å². The molecule has 0 fully saturated rings. The molecule has 0 aliphatic rings. The topological polar surface area (TPSA) is 30.7 Å². The zero-order valence-electron chi connectivity index (χ0n) is 26.6. The van der Waals surface area contributed by atoms with E-state index in [4.69, 9.17) is 4.98 Å². The van der Waals surface area contributed by atoms with Crippen LogP contribution in [0.25, 0.3) is 93.3 Å². The zero-order chi connectivity index (χ0) is 32.3. The van der Waals surface area contributed by atoms with Crippen molar-refractivity contribution in [1.29, 1.82) is 0 Å². The molecule has 0 saturated heterocycles. The van der Waals surface area contributed by atoms with Gasteiger partial charge in [-0.3, -0.25) is 9.55 Å². The molecule has 0 aliphatic heterocycles. The molecule has 3 aromatic heterocycles. The van der Waals surface area contributed by atoms with Crippen molar-refractivity contribution < 1.29 is 0 Å². The van der Waals surface area contributed by atoms with Gasteiger partial charge < -0.3 is 0 Å². The van der Waals surface area contributed by atoms with Crippen LogP contribution >= 0.6 is 0 Å². The second-order valence-electron chi connectivity index (χ2n) is 12.6. The molecule has 0 spiro atoms. The van der Waals surface area contributed by atoms with Crippen molar-refractivity contribution in [3.05, 3.63) is 176 Å². The molecule has 3 heterocycles. The molecule has 0 unspecified atom stereocenters. The van der Waals surface area contributed by atoms with Gasteiger partial charge in [0.05, 0.1) is 11.0 Å². The molecule has 3 nitrogen and oxygen atoms in total. The number of benzene rings is 7. The van der Waals surface area contributed by atoms with Crippen LogP contribution in [0.3, 0.4) is 0 Å². The Morgan fingerprint density at radius 2 is 0.918 bits per heavy atom. The van der Waals surface area contributed by atoms with Crippen molar-refractivity contribution in [1.82, 2.24) is 14.5 Å². The Hall–Kier alpha value is -6.58. The molecule has 0 amide bonds. The first-order valence-electron chi connectivity index (χ1n) is 16.6. The summed E-state index contributed by atoms with van der Waals surface area (Å²) in [6.07, 6.45) is 5.76. The Bertz CT molecular complexity index is 2750. The van der Waals surface area contributed by atoms with Crippen molar-refractivity contribution >= 4 is 54.1 Å². The first-order valence-corrected chi connectivity index (χ1v) is 16.6. The molecule has 0 N–H and O–H groups in total. The number of nitrogens with zero attached hydrogens (tertiary/aromatic N) is 3. The maximum absolute atomic E-state index is 4.96. The predicted molar refractivity (Wildman–Crippen MR) is 205 cm³/mol. The first-order chi connectivity index (χ1) is 24.3. The van der Waals surface area contributed by atoms with Crippen molar-refractivity contribution in [3.8, 4) is 39.2 Å². The van der Waals surface area contributed by atoms with Crippen molar-refractivity contribution in [3.63, 3.8) is 0 Å². The predicted octanol–water partition coefficient (Wildman–Crippen LogP) is 12.0. The summed E-state index contributed by atoms with van der Waals surface area (Å²) in [5.41, 5.74) is 9.42. The highest BCUT2D eigenvalue weighted by molar-refractivity contribution is 6.21. The Morgan fingerprint density at radius 3 is 1.61 bits per heavy atom. The van der Waals surface area contributed by atoms with Gasteiger partial charge in [-0.2, -0.15) is 0 Å². The maximum atomic E-state index is 4.96. The van der Waals surface area contributed by atoms with Crippen LogP contribution in [-0.4, -0.2) is 14.5 Å². The summed E-state index contributed by atoms with van der Waals surface area (Å²) in [5, 5.41) is 9.84. The van der Waals surface area contributed by atoms with Crippen LogP contribution in [0.15, 0.2) is 176 Å². The molecule has 228 valence electrons. The van der Waals surface area contributed by atoms with E-state index in [1.54, 1.807) is 0 Å². The number of hydrogen-bond acceptors (Lipinski definition) is 2. The highest BCUT2D eigenvalue weighted by atomic mass is 15.1. The molecule has 7 aromatic carbocycles. The van der Waals surface area contributed by atoms with Gasteiger partial charge in [0.25, 0.3) is 0 Å². The third-order valence-electron chi connectivity index (χ3n) is 9.93. The molecule has 10 aromatic rings. The normalized spacial score (nSPS) is 11.7. The summed E-state index contributed by atoms with van der Waals surface area (Å²) in [5.74, 6) is 0.891. The lowest BCUT2D eigenvalue weighted by Gasteiger charge is -2.18. The van der Waals surface area contributed by atoms with E-state index in [2.05, 4.69) is 167 Å². The van der Waals surface area contributed by atoms with Crippen LogP contribution in [0.1, 0.15) is 0 Å². The van der Waals surface area contributed by atoms with Crippen LogP contribution in [0.2, 0.25) is 0 Å². The number of hydrogen-bond donors (Lipinski definition) is 0. The number of aromatic nitrogens is 3. The minimum absolute atomic E-state index is 0.891. The molecular formula is C46H29N3. The summed E-state index contributed by atoms with van der Waals surface area (Å²) in [6, 6.07) is 56.8. The first kappa shape index (κ1) is 27.5. The van der Waals surface area contributed by atoms with E-state index in [9.17, 15) is 0 Å². The van der Waals surface area contributed by atoms with Gasteiger partial charge in [-0.05, 0) is 90.5 Å². The smallest absolute Gasteiger partial charge is 0.137 e. The average Bonchev–Trinajstić information content (AvgIpc) is 3.51. The lowest BCUT2D eigenvalue weighted by atomic mass is 9.85. The Balaban J connectivity index is 1.07. The van der Waals surface area contributed by atoms with Gasteiger partial charge in [-0.25, -0.2) is 4.98 Å². The average molecular weight is 624 g/mol. The fraction of sp³-hybridized carbons (Fsp3) is 0. The minimum Gasteiger partial charge on any atom is -0.294 e. The monoisotopic (exact) mass is 623 g/mol. The minimum atomic E-state index is 0.891. The molecule has 0 saturated carbocycles. The van der Waals surface area contributed by atoms with Gasteiger partial charge in [0.15, 0.2) is 0 Å². The van der Waals surface area contributed by atoms with Gasteiger partial charge in [0.2, 0.25) is 0 Å². The Labute approximate surface area is 283 Å². The molecule has 0 radical (unpaired) electrons. The number of rotatable bonds is 4. The van der Waals surface area contributed by atoms with Crippen LogP contribution in [0.5, 0.6) is 0 Å². The third kappa shape index (κ3) is 4.37. The van der Waals surface area contributed by atoms with Crippen LogP contribution in [0, 0.1) is 0 Å². The summed E-state index contributed by atoms with van der Waals surface area (Å²) >= 11 is 0. The third-order valence-corrected chi connectivity index (χ3v) is 9.93. The quantitative estimate of drug-likeness (QED) is 0.183. The zero-order valence-corrected chi connectivity index (χ0v) is 26.6. The van der Waals surface area contributed by atoms with E-state index in [1.165, 1.54) is 60.0 Å². The summed E-state index contributed by atoms with van der Waals surface area (Å²) in [7, 11) is 0. The van der Waals surface area contributed by atoms with Crippen LogP contribution in [-0.2, 0) is 0 Å². The van der Waals surface area contributed by atoms with Gasteiger partial charge in [0, 0.05) is 34.9 Å². The highest BCUT2D eigenvalue weighted by Crippen LogP contribution is 2.44. The Kier molecular flexibility index (Phi) is 6.18. The van der Waals surface area contributed by atoms with E-state index in [-0.39, 0.29) is 0 Å². The van der Waals surface area contributed by atoms with Crippen molar-refractivity contribution in [2.75, 3.05) is 0 Å². The highest BCUT2D eigenvalue weighted by Gasteiger charge is 2.17. The number of pyridine rings is 2. The van der Waals surface area contributed by atoms with Crippen LogP contribution < -0.4 is 0 Å². The molecule has 49 heavy (non-hydrogen) atoms. The molecule has 0 aliphatic carbocycles. The summed E-state index contributed by atoms with van der Waals surface area (Å²) in [6.45, 7) is 0. The standard InChI is InChI=1S/C46H29N3/c1-2-10-33-27-34(22-19-30(33)9-1)46-39-14-5-3-12-37(39)45(38-13-4-6-15-40(38)46)32-20-17-31(18-21-32)35-23-24-44(48-28-35)49-42-16-8-7-11-36(42)41-29-47-26-25-43(41)49/h1-29H. The Morgan fingerprint density at radius 1 is 0.367 bits per heavy atom. The largest absolute Gasteiger partial charge is 0.294 e. The molecular weight excluding hydrogens is 595 g/mol. The van der Waals surface area contributed by atoms with E-state index in [1.807, 2.05) is 18.6 Å². The molecule has 0 atom stereocenters. The second-order valence-corrected chi connectivity index (χ2v) is 12.6. The van der Waals surface area contributed by atoms with Gasteiger partial charge in [-0.1, -0.05) is 127 Å². The van der Waals surface area contributed by atoms with E-state index in [0.29, 0.717) is 0 Å². The lowest BCUT2D eigenvalue weighted by molar-refractivity contribution is 1.08. The molecule has 0 bridgehead atoms. The van der Waals surface area contributed by atoms with Crippen LogP contribution in [0.4, 0.5) is 0 Å². The summed E-state index contributed by atoms with van der Waals surface area (Å²) < 4.78 is 2.22. The van der Waals surface area contributed by atoms with Crippen molar-refractivity contribution in [2.24, 2.45) is 0 Å². The molecule has 3 heteroatoms. The number of para-hydroxylation sites is 1. The second kappa shape index (κ2) is 11.0. The van der Waals surface area contributed by atoms with E-state index < -0.39 is 0 Å². The maximum Gasteiger partial charge on any atom is 0.137 e. The SMILES string of the molecule is c1ccc2cc(-c3c4ccccc4c(-c4ccc(-c5ccc(-n6c7ccccc7c7cnccc76)nc5)cc4)c4ccccc34)ccc2c1. The van der Waals surface area contributed by atoms with Gasteiger partial charge in [0.1, 0.15) is 5.82 Å². The molecule has 10 rings (SSSR count). The van der Waals surface area contributed by atoms with Gasteiger partial charge >= 0.3 is 0 Å².